The number of nitrogen functional groups attached to an aromatic ring is 1. The van der Waals surface area contributed by atoms with Gasteiger partial charge in [-0.3, -0.25) is 4.98 Å². The Labute approximate surface area is 111 Å². The zero-order valence-corrected chi connectivity index (χ0v) is 10.4. The highest BCUT2D eigenvalue weighted by molar-refractivity contribution is 5.81. The maximum atomic E-state index is 5.81. The van der Waals surface area contributed by atoms with E-state index < -0.39 is 0 Å². The van der Waals surface area contributed by atoms with Crippen LogP contribution < -0.4 is 11.1 Å². The summed E-state index contributed by atoms with van der Waals surface area (Å²) in [7, 11) is 0. The van der Waals surface area contributed by atoms with Crippen LogP contribution in [0.4, 0.5) is 11.5 Å². The van der Waals surface area contributed by atoms with E-state index in [0.717, 1.165) is 22.2 Å². The van der Waals surface area contributed by atoms with Gasteiger partial charge in [0.2, 0.25) is 0 Å². The van der Waals surface area contributed by atoms with Crippen molar-refractivity contribution in [1.29, 1.82) is 0 Å². The highest BCUT2D eigenvalue weighted by Crippen LogP contribution is 2.19. The number of nitrogens with zero attached hydrogens (tertiary/aromatic N) is 2. The second-order valence-electron chi connectivity index (χ2n) is 4.28. The Hall–Kier alpha value is -2.62. The van der Waals surface area contributed by atoms with E-state index in [9.17, 15) is 0 Å². The molecule has 2 heterocycles. The molecule has 3 aromatic rings. The standard InChI is InChI=1S/C15H14N4/c16-15-13(7-3-9-18-15)19-10-12-5-1-4-11-6-2-8-17-14(11)12/h1-9,19H,10H2,(H2,16,18). The zero-order chi connectivity index (χ0) is 13.1. The molecule has 0 bridgehead atoms. The van der Waals surface area contributed by atoms with Gasteiger partial charge in [-0.1, -0.05) is 24.3 Å². The number of pyridine rings is 2. The Balaban J connectivity index is 1.88. The number of aromatic nitrogens is 2. The summed E-state index contributed by atoms with van der Waals surface area (Å²) < 4.78 is 0. The van der Waals surface area contributed by atoms with Gasteiger partial charge in [0.05, 0.1) is 11.2 Å². The van der Waals surface area contributed by atoms with Gasteiger partial charge in [0.15, 0.2) is 0 Å². The number of hydrogen-bond acceptors (Lipinski definition) is 4. The fraction of sp³-hybridized carbons (Fsp3) is 0.0667. The molecule has 0 saturated heterocycles. The summed E-state index contributed by atoms with van der Waals surface area (Å²) in [6.07, 6.45) is 3.49. The van der Waals surface area contributed by atoms with Crippen molar-refractivity contribution in [3.05, 3.63) is 60.4 Å². The molecule has 0 aliphatic heterocycles. The topological polar surface area (TPSA) is 63.8 Å². The summed E-state index contributed by atoms with van der Waals surface area (Å²) >= 11 is 0. The molecular formula is C15H14N4. The van der Waals surface area contributed by atoms with Crippen LogP contribution in [0.3, 0.4) is 0 Å². The number of nitrogens with one attached hydrogen (secondary N) is 1. The molecule has 3 N–H and O–H groups in total. The van der Waals surface area contributed by atoms with Crippen molar-refractivity contribution in [3.8, 4) is 0 Å². The molecule has 0 amide bonds. The van der Waals surface area contributed by atoms with E-state index in [2.05, 4.69) is 33.5 Å². The molecule has 2 aromatic heterocycles. The smallest absolute Gasteiger partial charge is 0.146 e. The molecule has 94 valence electrons. The average molecular weight is 250 g/mol. The summed E-state index contributed by atoms with van der Waals surface area (Å²) in [5.41, 5.74) is 8.81. The maximum absolute atomic E-state index is 5.81. The molecule has 0 aliphatic rings. The van der Waals surface area contributed by atoms with E-state index >= 15 is 0 Å². The Kier molecular flexibility index (Phi) is 2.98. The molecule has 0 aliphatic carbocycles. The Morgan fingerprint density at radius 2 is 1.74 bits per heavy atom. The second kappa shape index (κ2) is 4.94. The van der Waals surface area contributed by atoms with Gasteiger partial charge in [-0.2, -0.15) is 0 Å². The summed E-state index contributed by atoms with van der Waals surface area (Å²) in [6.45, 7) is 0.671. The van der Waals surface area contributed by atoms with Crippen LogP contribution in [0.25, 0.3) is 10.9 Å². The number of rotatable bonds is 3. The minimum atomic E-state index is 0.510. The molecule has 0 spiro atoms. The fourth-order valence-electron chi connectivity index (χ4n) is 2.07. The van der Waals surface area contributed by atoms with Gasteiger partial charge >= 0.3 is 0 Å². The van der Waals surface area contributed by atoms with E-state index in [1.54, 1.807) is 6.20 Å². The maximum Gasteiger partial charge on any atom is 0.146 e. The lowest BCUT2D eigenvalue weighted by molar-refractivity contribution is 1.14. The van der Waals surface area contributed by atoms with E-state index in [1.807, 2.05) is 30.5 Å². The fourth-order valence-corrected chi connectivity index (χ4v) is 2.07. The largest absolute Gasteiger partial charge is 0.382 e. The highest BCUT2D eigenvalue weighted by atomic mass is 14.9. The van der Waals surface area contributed by atoms with Gasteiger partial charge in [-0.05, 0) is 23.8 Å². The molecule has 4 heteroatoms. The first-order valence-corrected chi connectivity index (χ1v) is 6.11. The van der Waals surface area contributed by atoms with Crippen LogP contribution in [0.15, 0.2) is 54.9 Å². The number of anilines is 2. The third-order valence-electron chi connectivity index (χ3n) is 3.02. The van der Waals surface area contributed by atoms with Crippen LogP contribution in [0.5, 0.6) is 0 Å². The Morgan fingerprint density at radius 1 is 0.947 bits per heavy atom. The quantitative estimate of drug-likeness (QED) is 0.750. The van der Waals surface area contributed by atoms with Gasteiger partial charge < -0.3 is 11.1 Å². The van der Waals surface area contributed by atoms with Gasteiger partial charge in [-0.25, -0.2) is 4.98 Å². The molecule has 0 radical (unpaired) electrons. The number of nitrogens with two attached hydrogens (primary N) is 1. The van der Waals surface area contributed by atoms with Crippen molar-refractivity contribution < 1.29 is 0 Å². The molecule has 0 saturated carbocycles. The Bertz CT molecular complexity index is 704. The molecule has 19 heavy (non-hydrogen) atoms. The van der Waals surface area contributed by atoms with Crippen LogP contribution in [0, 0.1) is 0 Å². The van der Waals surface area contributed by atoms with E-state index in [1.165, 1.54) is 0 Å². The first-order valence-electron chi connectivity index (χ1n) is 6.11. The monoisotopic (exact) mass is 250 g/mol. The summed E-state index contributed by atoms with van der Waals surface area (Å²) in [5, 5.41) is 4.43. The van der Waals surface area contributed by atoms with Gasteiger partial charge in [0.25, 0.3) is 0 Å². The molecule has 0 unspecified atom stereocenters. The van der Waals surface area contributed by atoms with E-state index in [4.69, 9.17) is 5.73 Å². The first kappa shape index (κ1) is 11.5. The van der Waals surface area contributed by atoms with Gasteiger partial charge in [-0.15, -0.1) is 0 Å². The predicted molar refractivity (Wildman–Crippen MR) is 77.7 cm³/mol. The lowest BCUT2D eigenvalue weighted by Gasteiger charge is -2.09. The molecule has 1 aromatic carbocycles. The van der Waals surface area contributed by atoms with Crippen LogP contribution in [-0.4, -0.2) is 9.97 Å². The zero-order valence-electron chi connectivity index (χ0n) is 10.4. The lowest BCUT2D eigenvalue weighted by atomic mass is 10.1. The minimum Gasteiger partial charge on any atom is -0.382 e. The normalized spacial score (nSPS) is 10.5. The van der Waals surface area contributed by atoms with Crippen LogP contribution in [0.2, 0.25) is 0 Å². The van der Waals surface area contributed by atoms with Gasteiger partial charge in [0, 0.05) is 24.3 Å². The van der Waals surface area contributed by atoms with Crippen LogP contribution >= 0.6 is 0 Å². The van der Waals surface area contributed by atoms with Crippen LogP contribution in [-0.2, 0) is 6.54 Å². The Morgan fingerprint density at radius 3 is 2.63 bits per heavy atom. The molecule has 0 atom stereocenters. The second-order valence-corrected chi connectivity index (χ2v) is 4.28. The summed E-state index contributed by atoms with van der Waals surface area (Å²) in [4.78, 5) is 8.48. The predicted octanol–water partition coefficient (Wildman–Crippen LogP) is 2.82. The van der Waals surface area contributed by atoms with E-state index in [0.29, 0.717) is 12.4 Å². The molecular weight excluding hydrogens is 236 g/mol. The van der Waals surface area contributed by atoms with Crippen molar-refractivity contribution in [2.75, 3.05) is 11.1 Å². The molecule has 4 nitrogen and oxygen atoms in total. The van der Waals surface area contributed by atoms with Crippen molar-refractivity contribution in [3.63, 3.8) is 0 Å². The van der Waals surface area contributed by atoms with Crippen molar-refractivity contribution in [1.82, 2.24) is 9.97 Å². The van der Waals surface area contributed by atoms with Crippen molar-refractivity contribution >= 4 is 22.4 Å². The molecule has 3 rings (SSSR count). The number of fused-ring (bicyclic) bond motifs is 1. The molecule has 0 fully saturated rings. The van der Waals surface area contributed by atoms with Crippen molar-refractivity contribution in [2.24, 2.45) is 0 Å². The van der Waals surface area contributed by atoms with Gasteiger partial charge in [0.1, 0.15) is 5.82 Å². The number of hydrogen-bond donors (Lipinski definition) is 2. The lowest BCUT2D eigenvalue weighted by Crippen LogP contribution is -2.04. The SMILES string of the molecule is Nc1ncccc1NCc1cccc2cccnc12. The third kappa shape index (κ3) is 2.33. The third-order valence-corrected chi connectivity index (χ3v) is 3.02. The number of para-hydroxylation sites is 1. The minimum absolute atomic E-state index is 0.510. The van der Waals surface area contributed by atoms with E-state index in [-0.39, 0.29) is 0 Å². The first-order chi connectivity index (χ1) is 9.34. The highest BCUT2D eigenvalue weighted by Gasteiger charge is 2.03. The number of benzene rings is 1. The van der Waals surface area contributed by atoms with Crippen LogP contribution in [0.1, 0.15) is 5.56 Å². The summed E-state index contributed by atoms with van der Waals surface area (Å²) in [5.74, 6) is 0.510. The van der Waals surface area contributed by atoms with Crippen molar-refractivity contribution in [2.45, 2.75) is 6.54 Å². The summed E-state index contributed by atoms with van der Waals surface area (Å²) in [6, 6.07) is 13.9. The average Bonchev–Trinajstić information content (AvgIpc) is 2.46.